The molecule has 0 bridgehead atoms. The van der Waals surface area contributed by atoms with Crippen molar-refractivity contribution >= 4 is 21.6 Å². The van der Waals surface area contributed by atoms with Gasteiger partial charge in [-0.25, -0.2) is 0 Å². The van der Waals surface area contributed by atoms with Crippen molar-refractivity contribution < 1.29 is 4.74 Å². The van der Waals surface area contributed by atoms with E-state index in [0.717, 1.165) is 10.2 Å². The topological polar surface area (TPSA) is 45.0 Å². The number of nitriles is 1. The molecular formula is C16H15BrN2O. The van der Waals surface area contributed by atoms with E-state index in [-0.39, 0.29) is 12.6 Å². The molecule has 0 spiro atoms. The van der Waals surface area contributed by atoms with Crippen molar-refractivity contribution in [2.24, 2.45) is 0 Å². The van der Waals surface area contributed by atoms with E-state index in [1.54, 1.807) is 0 Å². The molecule has 0 radical (unpaired) electrons. The van der Waals surface area contributed by atoms with Gasteiger partial charge in [0.1, 0.15) is 11.8 Å². The molecule has 0 amide bonds. The lowest BCUT2D eigenvalue weighted by atomic mass is 10.1. The lowest BCUT2D eigenvalue weighted by Gasteiger charge is -2.17. The molecule has 0 fully saturated rings. The Balaban J connectivity index is 2.10. The average molecular weight is 331 g/mol. The highest BCUT2D eigenvalue weighted by Gasteiger charge is 2.08. The highest BCUT2D eigenvalue weighted by atomic mass is 79.9. The molecule has 3 nitrogen and oxygen atoms in total. The Labute approximate surface area is 127 Å². The van der Waals surface area contributed by atoms with Gasteiger partial charge in [-0.05, 0) is 30.7 Å². The van der Waals surface area contributed by atoms with Gasteiger partial charge in [0, 0.05) is 22.3 Å². The minimum Gasteiger partial charge on any atom is -0.479 e. The molecule has 2 aromatic rings. The minimum atomic E-state index is 0.0588. The summed E-state index contributed by atoms with van der Waals surface area (Å²) in [5.74, 6) is 0.691. The maximum Gasteiger partial charge on any atom is 0.174 e. The molecule has 0 aromatic heterocycles. The number of hydrogen-bond acceptors (Lipinski definition) is 3. The molecule has 1 unspecified atom stereocenters. The second kappa shape index (κ2) is 6.97. The molecule has 2 rings (SSSR count). The Morgan fingerprint density at radius 1 is 1.25 bits per heavy atom. The molecule has 4 heteroatoms. The van der Waals surface area contributed by atoms with Crippen LogP contribution in [0.5, 0.6) is 5.75 Å². The summed E-state index contributed by atoms with van der Waals surface area (Å²) < 4.78 is 6.38. The normalized spacial score (nSPS) is 11.4. The molecule has 102 valence electrons. The first-order valence-electron chi connectivity index (χ1n) is 6.31. The zero-order valence-corrected chi connectivity index (χ0v) is 12.7. The lowest BCUT2D eigenvalue weighted by molar-refractivity contribution is 0.368. The van der Waals surface area contributed by atoms with E-state index < -0.39 is 0 Å². The van der Waals surface area contributed by atoms with Crippen LogP contribution in [0, 0.1) is 11.3 Å². The van der Waals surface area contributed by atoms with Crippen LogP contribution in [0.15, 0.2) is 53.0 Å². The SMILES string of the molecule is CC(Nc1cccc(OCC#N)c1)c1ccccc1Br. The minimum absolute atomic E-state index is 0.0588. The van der Waals surface area contributed by atoms with Crippen molar-refractivity contribution in [2.75, 3.05) is 11.9 Å². The Bertz CT molecular complexity index is 622. The fourth-order valence-electron chi connectivity index (χ4n) is 1.95. The van der Waals surface area contributed by atoms with Crippen molar-refractivity contribution in [3.05, 3.63) is 58.6 Å². The first-order valence-corrected chi connectivity index (χ1v) is 7.11. The Morgan fingerprint density at radius 3 is 2.80 bits per heavy atom. The summed E-state index contributed by atoms with van der Waals surface area (Å²) in [5, 5.41) is 11.9. The van der Waals surface area contributed by atoms with Crippen LogP contribution in [-0.4, -0.2) is 6.61 Å². The van der Waals surface area contributed by atoms with Crippen molar-refractivity contribution in [3.63, 3.8) is 0 Å². The summed E-state index contributed by atoms with van der Waals surface area (Å²) in [5.41, 5.74) is 2.15. The van der Waals surface area contributed by atoms with E-state index in [4.69, 9.17) is 10.00 Å². The highest BCUT2D eigenvalue weighted by molar-refractivity contribution is 9.10. The van der Waals surface area contributed by atoms with Crippen molar-refractivity contribution in [1.82, 2.24) is 0 Å². The first-order chi connectivity index (χ1) is 9.70. The third-order valence-corrected chi connectivity index (χ3v) is 3.61. The third-order valence-electron chi connectivity index (χ3n) is 2.89. The summed E-state index contributed by atoms with van der Waals surface area (Å²) in [7, 11) is 0. The molecule has 0 heterocycles. The third kappa shape index (κ3) is 3.75. The quantitative estimate of drug-likeness (QED) is 0.876. The van der Waals surface area contributed by atoms with E-state index in [1.807, 2.05) is 48.5 Å². The van der Waals surface area contributed by atoms with E-state index >= 15 is 0 Å². The smallest absolute Gasteiger partial charge is 0.174 e. The van der Waals surface area contributed by atoms with Crippen LogP contribution >= 0.6 is 15.9 Å². The van der Waals surface area contributed by atoms with Gasteiger partial charge in [0.15, 0.2) is 6.61 Å². The molecule has 1 atom stereocenters. The van der Waals surface area contributed by atoms with Crippen molar-refractivity contribution in [2.45, 2.75) is 13.0 Å². The van der Waals surface area contributed by atoms with Crippen LogP contribution < -0.4 is 10.1 Å². The number of hydrogen-bond donors (Lipinski definition) is 1. The zero-order valence-electron chi connectivity index (χ0n) is 11.1. The van der Waals surface area contributed by atoms with E-state index in [0.29, 0.717) is 5.75 Å². The van der Waals surface area contributed by atoms with Crippen LogP contribution in [0.3, 0.4) is 0 Å². The van der Waals surface area contributed by atoms with E-state index in [9.17, 15) is 0 Å². The zero-order chi connectivity index (χ0) is 14.4. The van der Waals surface area contributed by atoms with Crippen LogP contribution in [0.4, 0.5) is 5.69 Å². The monoisotopic (exact) mass is 330 g/mol. The summed E-state index contributed by atoms with van der Waals surface area (Å²) >= 11 is 3.56. The van der Waals surface area contributed by atoms with E-state index in [1.165, 1.54) is 5.56 Å². The van der Waals surface area contributed by atoms with Gasteiger partial charge in [0.25, 0.3) is 0 Å². The lowest BCUT2D eigenvalue weighted by Crippen LogP contribution is -2.07. The molecule has 0 aliphatic carbocycles. The van der Waals surface area contributed by atoms with Crippen LogP contribution in [0.25, 0.3) is 0 Å². The van der Waals surface area contributed by atoms with Gasteiger partial charge in [0.05, 0.1) is 0 Å². The van der Waals surface area contributed by atoms with Crippen LogP contribution in [-0.2, 0) is 0 Å². The fourth-order valence-corrected chi connectivity index (χ4v) is 2.57. The molecule has 1 N–H and O–H groups in total. The number of nitrogens with one attached hydrogen (secondary N) is 1. The predicted octanol–water partition coefficient (Wildman–Crippen LogP) is 4.52. The molecule has 0 saturated carbocycles. The van der Waals surface area contributed by atoms with Gasteiger partial charge in [-0.1, -0.05) is 40.2 Å². The fraction of sp³-hybridized carbons (Fsp3) is 0.188. The van der Waals surface area contributed by atoms with E-state index in [2.05, 4.69) is 34.2 Å². The molecule has 0 aliphatic rings. The van der Waals surface area contributed by atoms with Gasteiger partial charge in [-0.15, -0.1) is 0 Å². The van der Waals surface area contributed by atoms with Crippen LogP contribution in [0.1, 0.15) is 18.5 Å². The number of ether oxygens (including phenoxy) is 1. The van der Waals surface area contributed by atoms with Gasteiger partial charge >= 0.3 is 0 Å². The molecule has 20 heavy (non-hydrogen) atoms. The Morgan fingerprint density at radius 2 is 2.05 bits per heavy atom. The first kappa shape index (κ1) is 14.4. The maximum atomic E-state index is 8.53. The molecule has 0 saturated heterocycles. The average Bonchev–Trinajstić information content (AvgIpc) is 2.46. The Kier molecular flexibility index (Phi) is 5.03. The summed E-state index contributed by atoms with van der Waals surface area (Å²) in [6.45, 7) is 2.16. The predicted molar refractivity (Wildman–Crippen MR) is 83.7 cm³/mol. The molecule has 0 aliphatic heterocycles. The number of halogens is 1. The second-order valence-corrected chi connectivity index (χ2v) is 5.22. The molecule has 2 aromatic carbocycles. The summed E-state index contributed by atoms with van der Waals surface area (Å²) in [6, 6.07) is 17.9. The second-order valence-electron chi connectivity index (χ2n) is 4.36. The van der Waals surface area contributed by atoms with Crippen molar-refractivity contribution in [3.8, 4) is 11.8 Å². The Hall–Kier alpha value is -1.99. The van der Waals surface area contributed by atoms with Gasteiger partial charge in [-0.3, -0.25) is 0 Å². The van der Waals surface area contributed by atoms with Gasteiger partial charge in [0.2, 0.25) is 0 Å². The molecular weight excluding hydrogens is 316 g/mol. The highest BCUT2D eigenvalue weighted by Crippen LogP contribution is 2.27. The number of rotatable bonds is 5. The number of nitrogens with zero attached hydrogens (tertiary/aromatic N) is 1. The summed E-state index contributed by atoms with van der Waals surface area (Å²) in [4.78, 5) is 0. The maximum absolute atomic E-state index is 8.53. The number of anilines is 1. The van der Waals surface area contributed by atoms with Gasteiger partial charge in [-0.2, -0.15) is 5.26 Å². The van der Waals surface area contributed by atoms with Gasteiger partial charge < -0.3 is 10.1 Å². The number of benzene rings is 2. The van der Waals surface area contributed by atoms with Crippen molar-refractivity contribution in [1.29, 1.82) is 5.26 Å². The van der Waals surface area contributed by atoms with Crippen LogP contribution in [0.2, 0.25) is 0 Å². The standard InChI is InChI=1S/C16H15BrN2O/c1-12(15-7-2-3-8-16(15)17)19-13-5-4-6-14(11-13)20-10-9-18/h2-8,11-12,19H,10H2,1H3. The summed E-state index contributed by atoms with van der Waals surface area (Å²) in [6.07, 6.45) is 0. The largest absolute Gasteiger partial charge is 0.479 e.